The SMILES string of the molecule is CNC(CCc1cc([N+](=O)[O-])ccc1OC)C(C)C. The Labute approximate surface area is 114 Å². The lowest BCUT2D eigenvalue weighted by atomic mass is 9.96. The molecule has 1 aromatic carbocycles. The van der Waals surface area contributed by atoms with E-state index in [1.807, 2.05) is 7.05 Å². The highest BCUT2D eigenvalue weighted by Crippen LogP contribution is 2.26. The van der Waals surface area contributed by atoms with Crippen LogP contribution in [0.5, 0.6) is 5.75 Å². The Bertz CT molecular complexity index is 433. The minimum Gasteiger partial charge on any atom is -0.496 e. The summed E-state index contributed by atoms with van der Waals surface area (Å²) in [6, 6.07) is 5.13. The maximum absolute atomic E-state index is 10.8. The molecule has 0 aliphatic carbocycles. The number of ether oxygens (including phenoxy) is 1. The van der Waals surface area contributed by atoms with Gasteiger partial charge in [-0.3, -0.25) is 10.1 Å². The van der Waals surface area contributed by atoms with E-state index in [1.165, 1.54) is 6.07 Å². The predicted octanol–water partition coefficient (Wildman–Crippen LogP) is 2.78. The fourth-order valence-electron chi connectivity index (χ4n) is 2.20. The topological polar surface area (TPSA) is 64.4 Å². The van der Waals surface area contributed by atoms with Crippen LogP contribution in [0, 0.1) is 16.0 Å². The molecule has 0 saturated carbocycles. The number of non-ortho nitro benzene ring substituents is 1. The number of nitro groups is 1. The second kappa shape index (κ2) is 7.09. The maximum Gasteiger partial charge on any atom is 0.269 e. The Morgan fingerprint density at radius 3 is 2.58 bits per heavy atom. The molecule has 1 aromatic rings. The van der Waals surface area contributed by atoms with E-state index >= 15 is 0 Å². The second-order valence-corrected chi connectivity index (χ2v) is 4.93. The molecule has 0 saturated heterocycles. The lowest BCUT2D eigenvalue weighted by Crippen LogP contribution is -2.31. The fraction of sp³-hybridized carbons (Fsp3) is 0.571. The van der Waals surface area contributed by atoms with Crippen LogP contribution in [0.25, 0.3) is 0 Å². The zero-order chi connectivity index (χ0) is 14.4. The van der Waals surface area contributed by atoms with E-state index < -0.39 is 0 Å². The van der Waals surface area contributed by atoms with Crippen molar-refractivity contribution in [2.24, 2.45) is 5.92 Å². The summed E-state index contributed by atoms with van der Waals surface area (Å²) in [4.78, 5) is 10.4. The lowest BCUT2D eigenvalue weighted by Gasteiger charge is -2.20. The summed E-state index contributed by atoms with van der Waals surface area (Å²) in [6.07, 6.45) is 1.68. The Balaban J connectivity index is 2.85. The van der Waals surface area contributed by atoms with Gasteiger partial charge in [0.2, 0.25) is 0 Å². The molecule has 0 radical (unpaired) electrons. The smallest absolute Gasteiger partial charge is 0.269 e. The molecule has 19 heavy (non-hydrogen) atoms. The highest BCUT2D eigenvalue weighted by atomic mass is 16.6. The van der Waals surface area contributed by atoms with E-state index in [9.17, 15) is 10.1 Å². The van der Waals surface area contributed by atoms with Crippen molar-refractivity contribution in [3.05, 3.63) is 33.9 Å². The number of nitro benzene ring substituents is 1. The predicted molar refractivity (Wildman–Crippen MR) is 75.7 cm³/mol. The average Bonchev–Trinajstić information content (AvgIpc) is 2.38. The third-order valence-corrected chi connectivity index (χ3v) is 3.38. The van der Waals surface area contributed by atoms with Crippen LogP contribution in [-0.4, -0.2) is 25.1 Å². The molecule has 1 rings (SSSR count). The van der Waals surface area contributed by atoms with Crippen LogP contribution in [0.4, 0.5) is 5.69 Å². The minimum absolute atomic E-state index is 0.112. The summed E-state index contributed by atoms with van der Waals surface area (Å²) >= 11 is 0. The molecule has 106 valence electrons. The van der Waals surface area contributed by atoms with Crippen molar-refractivity contribution >= 4 is 5.69 Å². The molecule has 5 nitrogen and oxygen atoms in total. The zero-order valence-corrected chi connectivity index (χ0v) is 12.0. The second-order valence-electron chi connectivity index (χ2n) is 4.93. The van der Waals surface area contributed by atoms with Gasteiger partial charge in [0.25, 0.3) is 5.69 Å². The van der Waals surface area contributed by atoms with Gasteiger partial charge >= 0.3 is 0 Å². The van der Waals surface area contributed by atoms with Gasteiger partial charge in [-0.2, -0.15) is 0 Å². The summed E-state index contributed by atoms with van der Waals surface area (Å²) in [7, 11) is 3.53. The molecule has 0 aliphatic heterocycles. The molecule has 0 spiro atoms. The van der Waals surface area contributed by atoms with Crippen LogP contribution in [0.1, 0.15) is 25.8 Å². The molecule has 0 fully saturated rings. The number of rotatable bonds is 7. The summed E-state index contributed by atoms with van der Waals surface area (Å²) in [5.41, 5.74) is 0.999. The first kappa shape index (κ1) is 15.4. The van der Waals surface area contributed by atoms with Gasteiger partial charge in [-0.05, 0) is 31.9 Å². The van der Waals surface area contributed by atoms with Crippen molar-refractivity contribution in [3.63, 3.8) is 0 Å². The van der Waals surface area contributed by atoms with Gasteiger partial charge in [0.15, 0.2) is 0 Å². The molecule has 1 unspecified atom stereocenters. The molecule has 5 heteroatoms. The Morgan fingerprint density at radius 2 is 2.11 bits per heavy atom. The Kier molecular flexibility index (Phi) is 5.76. The van der Waals surface area contributed by atoms with Crippen LogP contribution >= 0.6 is 0 Å². The lowest BCUT2D eigenvalue weighted by molar-refractivity contribution is -0.384. The largest absolute Gasteiger partial charge is 0.496 e. The molecule has 0 heterocycles. The Hall–Kier alpha value is -1.62. The third kappa shape index (κ3) is 4.21. The van der Waals surface area contributed by atoms with Gasteiger partial charge in [-0.1, -0.05) is 13.8 Å². The molecule has 1 N–H and O–H groups in total. The van der Waals surface area contributed by atoms with Crippen LogP contribution in [0.3, 0.4) is 0 Å². The van der Waals surface area contributed by atoms with Gasteiger partial charge in [-0.25, -0.2) is 0 Å². The fourth-order valence-corrected chi connectivity index (χ4v) is 2.20. The number of nitrogens with zero attached hydrogens (tertiary/aromatic N) is 1. The minimum atomic E-state index is -0.374. The summed E-state index contributed by atoms with van der Waals surface area (Å²) in [5.74, 6) is 1.24. The molecule has 0 aliphatic rings. The van der Waals surface area contributed by atoms with Gasteiger partial charge < -0.3 is 10.1 Å². The number of aryl methyl sites for hydroxylation is 1. The normalized spacial score (nSPS) is 12.5. The first-order valence-electron chi connectivity index (χ1n) is 6.48. The highest BCUT2D eigenvalue weighted by molar-refractivity contribution is 5.43. The van der Waals surface area contributed by atoms with Crippen LogP contribution in [0.2, 0.25) is 0 Å². The van der Waals surface area contributed by atoms with Crippen molar-refractivity contribution in [2.45, 2.75) is 32.7 Å². The van der Waals surface area contributed by atoms with E-state index in [1.54, 1.807) is 19.2 Å². The van der Waals surface area contributed by atoms with Crippen LogP contribution < -0.4 is 10.1 Å². The third-order valence-electron chi connectivity index (χ3n) is 3.38. The van der Waals surface area contributed by atoms with Crippen LogP contribution in [-0.2, 0) is 6.42 Å². The van der Waals surface area contributed by atoms with Crippen molar-refractivity contribution in [2.75, 3.05) is 14.2 Å². The first-order chi connectivity index (χ1) is 8.99. The summed E-state index contributed by atoms with van der Waals surface area (Å²) in [5, 5.41) is 14.1. The van der Waals surface area contributed by atoms with Crippen molar-refractivity contribution in [1.29, 1.82) is 0 Å². The molecule has 1 atom stereocenters. The van der Waals surface area contributed by atoms with Gasteiger partial charge in [0.05, 0.1) is 12.0 Å². The molecular weight excluding hydrogens is 244 g/mol. The number of methoxy groups -OCH3 is 1. The van der Waals surface area contributed by atoms with Crippen molar-refractivity contribution in [3.8, 4) is 5.75 Å². The van der Waals surface area contributed by atoms with Crippen molar-refractivity contribution in [1.82, 2.24) is 5.32 Å². The van der Waals surface area contributed by atoms with E-state index in [0.29, 0.717) is 17.7 Å². The van der Waals surface area contributed by atoms with E-state index in [2.05, 4.69) is 19.2 Å². The van der Waals surface area contributed by atoms with Gasteiger partial charge in [0, 0.05) is 23.7 Å². The molecule has 0 amide bonds. The molecule has 0 bridgehead atoms. The standard InChI is InChI=1S/C14H22N2O3/c1-10(2)13(15-3)7-5-11-9-12(16(17)18)6-8-14(11)19-4/h6,8-10,13,15H,5,7H2,1-4H3. The number of nitrogens with one attached hydrogen (secondary N) is 1. The quantitative estimate of drug-likeness (QED) is 0.609. The average molecular weight is 266 g/mol. The van der Waals surface area contributed by atoms with Crippen molar-refractivity contribution < 1.29 is 9.66 Å². The summed E-state index contributed by atoms with van der Waals surface area (Å²) < 4.78 is 5.26. The number of benzene rings is 1. The highest BCUT2D eigenvalue weighted by Gasteiger charge is 2.15. The molecular formula is C14H22N2O3. The van der Waals surface area contributed by atoms with Gasteiger partial charge in [-0.15, -0.1) is 0 Å². The van der Waals surface area contributed by atoms with E-state index in [-0.39, 0.29) is 10.6 Å². The van der Waals surface area contributed by atoms with Gasteiger partial charge in [0.1, 0.15) is 5.75 Å². The molecule has 0 aromatic heterocycles. The summed E-state index contributed by atoms with van der Waals surface area (Å²) in [6.45, 7) is 4.32. The number of hydrogen-bond acceptors (Lipinski definition) is 4. The van der Waals surface area contributed by atoms with E-state index in [4.69, 9.17) is 4.74 Å². The van der Waals surface area contributed by atoms with Crippen LogP contribution in [0.15, 0.2) is 18.2 Å². The maximum atomic E-state index is 10.8. The monoisotopic (exact) mass is 266 g/mol. The number of hydrogen-bond donors (Lipinski definition) is 1. The Morgan fingerprint density at radius 1 is 1.42 bits per heavy atom. The zero-order valence-electron chi connectivity index (χ0n) is 12.0. The first-order valence-corrected chi connectivity index (χ1v) is 6.48. The van der Waals surface area contributed by atoms with E-state index in [0.717, 1.165) is 18.4 Å².